The van der Waals surface area contributed by atoms with E-state index in [4.69, 9.17) is 11.5 Å². The number of nitrogens with two attached hydrogens (primary N) is 2. The van der Waals surface area contributed by atoms with Crippen LogP contribution in [0, 0.1) is 10.1 Å². The van der Waals surface area contributed by atoms with Gasteiger partial charge in [0.1, 0.15) is 0 Å². The SMILES string of the molecule is NCCCC[C@@H](N)c1csc([N+](=O)[O-])c1. The number of unbranched alkanes of at least 4 members (excludes halogenated alkanes) is 1. The molecule has 0 bridgehead atoms. The zero-order chi connectivity index (χ0) is 11.3. The molecular weight excluding hydrogens is 214 g/mol. The van der Waals surface area contributed by atoms with E-state index >= 15 is 0 Å². The van der Waals surface area contributed by atoms with Gasteiger partial charge in [-0.05, 0) is 24.9 Å². The second-order valence-electron chi connectivity index (χ2n) is 3.37. The van der Waals surface area contributed by atoms with E-state index in [1.54, 1.807) is 11.4 Å². The molecule has 0 saturated heterocycles. The van der Waals surface area contributed by atoms with Crippen LogP contribution in [0.1, 0.15) is 30.9 Å². The lowest BCUT2D eigenvalue weighted by atomic mass is 10.1. The normalized spacial score (nSPS) is 12.7. The summed E-state index contributed by atoms with van der Waals surface area (Å²) in [4.78, 5) is 10.1. The summed E-state index contributed by atoms with van der Waals surface area (Å²) in [6, 6.07) is 1.44. The second-order valence-corrected chi connectivity index (χ2v) is 4.26. The highest BCUT2D eigenvalue weighted by atomic mass is 32.1. The second kappa shape index (κ2) is 5.79. The summed E-state index contributed by atoms with van der Waals surface area (Å²) < 4.78 is 0. The maximum absolute atomic E-state index is 10.5. The van der Waals surface area contributed by atoms with Gasteiger partial charge in [-0.1, -0.05) is 17.8 Å². The third-order valence-corrected chi connectivity index (χ3v) is 3.08. The zero-order valence-electron chi connectivity index (χ0n) is 8.39. The van der Waals surface area contributed by atoms with E-state index in [1.165, 1.54) is 0 Å². The fourth-order valence-electron chi connectivity index (χ4n) is 1.30. The first-order valence-corrected chi connectivity index (χ1v) is 5.71. The van der Waals surface area contributed by atoms with Crippen molar-refractivity contribution in [2.75, 3.05) is 6.54 Å². The van der Waals surface area contributed by atoms with E-state index in [-0.39, 0.29) is 16.0 Å². The van der Waals surface area contributed by atoms with Crippen LogP contribution in [-0.4, -0.2) is 11.5 Å². The minimum atomic E-state index is -0.388. The third-order valence-electron chi connectivity index (χ3n) is 2.18. The molecule has 1 rings (SSSR count). The molecule has 1 aromatic heterocycles. The van der Waals surface area contributed by atoms with Crippen molar-refractivity contribution in [1.29, 1.82) is 0 Å². The molecule has 0 unspecified atom stereocenters. The van der Waals surface area contributed by atoms with E-state index in [9.17, 15) is 10.1 Å². The quantitative estimate of drug-likeness (QED) is 0.441. The molecule has 4 N–H and O–H groups in total. The number of nitro groups is 1. The van der Waals surface area contributed by atoms with Gasteiger partial charge >= 0.3 is 5.00 Å². The van der Waals surface area contributed by atoms with Gasteiger partial charge in [0, 0.05) is 17.5 Å². The Morgan fingerprint density at radius 1 is 1.53 bits per heavy atom. The molecule has 1 heterocycles. The Balaban J connectivity index is 2.50. The molecule has 0 radical (unpaired) electrons. The topological polar surface area (TPSA) is 95.2 Å². The fraction of sp³-hybridized carbons (Fsp3) is 0.556. The van der Waals surface area contributed by atoms with Crippen molar-refractivity contribution < 1.29 is 4.92 Å². The number of thiophene rings is 1. The Labute approximate surface area is 92.2 Å². The third kappa shape index (κ3) is 3.58. The Kier molecular flexibility index (Phi) is 4.67. The Morgan fingerprint density at radius 3 is 2.80 bits per heavy atom. The molecule has 84 valence electrons. The monoisotopic (exact) mass is 229 g/mol. The van der Waals surface area contributed by atoms with Gasteiger partial charge < -0.3 is 11.5 Å². The highest BCUT2D eigenvalue weighted by Crippen LogP contribution is 2.27. The maximum Gasteiger partial charge on any atom is 0.324 e. The molecule has 15 heavy (non-hydrogen) atoms. The van der Waals surface area contributed by atoms with Crippen LogP contribution >= 0.6 is 11.3 Å². The zero-order valence-corrected chi connectivity index (χ0v) is 9.20. The van der Waals surface area contributed by atoms with E-state index < -0.39 is 0 Å². The number of nitrogens with zero attached hydrogens (tertiary/aromatic N) is 1. The van der Waals surface area contributed by atoms with Gasteiger partial charge in [-0.25, -0.2) is 0 Å². The number of hydrogen-bond acceptors (Lipinski definition) is 5. The van der Waals surface area contributed by atoms with E-state index in [0.717, 1.165) is 36.2 Å². The van der Waals surface area contributed by atoms with Crippen LogP contribution in [0.2, 0.25) is 0 Å². The summed E-state index contributed by atoms with van der Waals surface area (Å²) >= 11 is 1.12. The van der Waals surface area contributed by atoms with Crippen molar-refractivity contribution in [1.82, 2.24) is 0 Å². The van der Waals surface area contributed by atoms with Crippen molar-refractivity contribution in [3.63, 3.8) is 0 Å². The van der Waals surface area contributed by atoms with Gasteiger partial charge in [0.25, 0.3) is 0 Å². The molecule has 0 saturated carbocycles. The first-order valence-electron chi connectivity index (χ1n) is 4.83. The molecule has 0 fully saturated rings. The molecule has 0 aliphatic rings. The highest BCUT2D eigenvalue weighted by molar-refractivity contribution is 7.13. The first kappa shape index (κ1) is 12.1. The predicted octanol–water partition coefficient (Wildman–Crippen LogP) is 1.79. The van der Waals surface area contributed by atoms with Crippen molar-refractivity contribution in [3.05, 3.63) is 27.1 Å². The van der Waals surface area contributed by atoms with Crippen molar-refractivity contribution >= 4 is 16.3 Å². The van der Waals surface area contributed by atoms with E-state index in [1.807, 2.05) is 0 Å². The molecule has 0 amide bonds. The standard InChI is InChI=1S/C9H15N3O2S/c10-4-2-1-3-8(11)7-5-9(12(13)14)15-6-7/h5-6,8H,1-4,10-11H2/t8-/m1/s1. The van der Waals surface area contributed by atoms with Crippen molar-refractivity contribution in [2.24, 2.45) is 11.5 Å². The molecule has 5 nitrogen and oxygen atoms in total. The Hall–Kier alpha value is -0.980. The Bertz CT molecular complexity index is 327. The summed E-state index contributed by atoms with van der Waals surface area (Å²) in [7, 11) is 0. The highest BCUT2D eigenvalue weighted by Gasteiger charge is 2.13. The molecule has 1 aromatic rings. The van der Waals surface area contributed by atoms with Gasteiger partial charge in [0.15, 0.2) is 0 Å². The average molecular weight is 229 g/mol. The van der Waals surface area contributed by atoms with Crippen LogP contribution < -0.4 is 11.5 Å². The van der Waals surface area contributed by atoms with Crippen LogP contribution in [0.25, 0.3) is 0 Å². The summed E-state index contributed by atoms with van der Waals surface area (Å²) in [5.74, 6) is 0. The smallest absolute Gasteiger partial charge is 0.324 e. The molecule has 6 heteroatoms. The molecule has 0 aliphatic carbocycles. The summed E-state index contributed by atoms with van der Waals surface area (Å²) in [6.07, 6.45) is 2.73. The van der Waals surface area contributed by atoms with Gasteiger partial charge in [-0.2, -0.15) is 0 Å². The van der Waals surface area contributed by atoms with E-state index in [0.29, 0.717) is 6.54 Å². The van der Waals surface area contributed by atoms with Crippen LogP contribution in [-0.2, 0) is 0 Å². The molecule has 0 aliphatic heterocycles. The predicted molar refractivity (Wildman–Crippen MR) is 60.8 cm³/mol. The maximum atomic E-state index is 10.5. The molecule has 0 spiro atoms. The molecule has 0 aromatic carbocycles. The van der Waals surface area contributed by atoms with Crippen LogP contribution in [0.15, 0.2) is 11.4 Å². The molecular formula is C9H15N3O2S. The van der Waals surface area contributed by atoms with Crippen LogP contribution in [0.3, 0.4) is 0 Å². The van der Waals surface area contributed by atoms with Gasteiger partial charge in [0.05, 0.1) is 4.92 Å². The first-order chi connectivity index (χ1) is 7.15. The fourth-order valence-corrected chi connectivity index (χ4v) is 2.09. The van der Waals surface area contributed by atoms with E-state index in [2.05, 4.69) is 0 Å². The van der Waals surface area contributed by atoms with Gasteiger partial charge in [-0.3, -0.25) is 10.1 Å². The minimum absolute atomic E-state index is 0.110. The van der Waals surface area contributed by atoms with Crippen molar-refractivity contribution in [2.45, 2.75) is 25.3 Å². The summed E-state index contributed by atoms with van der Waals surface area (Å²) in [5.41, 5.74) is 12.1. The lowest BCUT2D eigenvalue weighted by molar-refractivity contribution is -0.380. The summed E-state index contributed by atoms with van der Waals surface area (Å²) in [6.45, 7) is 0.663. The largest absolute Gasteiger partial charge is 0.330 e. The minimum Gasteiger partial charge on any atom is -0.330 e. The lowest BCUT2D eigenvalue weighted by Gasteiger charge is -2.07. The number of rotatable bonds is 6. The summed E-state index contributed by atoms with van der Waals surface area (Å²) in [5, 5.41) is 12.4. The van der Waals surface area contributed by atoms with Crippen LogP contribution in [0.5, 0.6) is 0 Å². The Morgan fingerprint density at radius 2 is 2.27 bits per heavy atom. The lowest BCUT2D eigenvalue weighted by Crippen LogP contribution is -2.10. The van der Waals surface area contributed by atoms with Gasteiger partial charge in [-0.15, -0.1) is 0 Å². The van der Waals surface area contributed by atoms with Crippen molar-refractivity contribution in [3.8, 4) is 0 Å². The number of hydrogen-bond donors (Lipinski definition) is 2. The van der Waals surface area contributed by atoms with Gasteiger partial charge in [0.2, 0.25) is 0 Å². The molecule has 1 atom stereocenters. The average Bonchev–Trinajstić information content (AvgIpc) is 2.66. The van der Waals surface area contributed by atoms with Crippen LogP contribution in [0.4, 0.5) is 5.00 Å².